The molecule has 3 aromatic rings. The smallest absolute Gasteiger partial charge is 0.251 e. The first-order valence-corrected chi connectivity index (χ1v) is 9.39. The third kappa shape index (κ3) is 2.93. The van der Waals surface area contributed by atoms with E-state index in [1.807, 2.05) is 43.3 Å². The minimum atomic E-state index is -0.487. The van der Waals surface area contributed by atoms with Gasteiger partial charge in [-0.3, -0.25) is 4.79 Å². The van der Waals surface area contributed by atoms with Gasteiger partial charge in [-0.15, -0.1) is 0 Å². The van der Waals surface area contributed by atoms with E-state index >= 15 is 0 Å². The summed E-state index contributed by atoms with van der Waals surface area (Å²) in [5.74, 6) is 0.886. The van der Waals surface area contributed by atoms with Crippen molar-refractivity contribution in [3.63, 3.8) is 0 Å². The van der Waals surface area contributed by atoms with E-state index < -0.39 is 5.79 Å². The summed E-state index contributed by atoms with van der Waals surface area (Å²) >= 11 is 0. The molecule has 1 spiro atoms. The normalized spacial score (nSPS) is 16.9. The zero-order chi connectivity index (χ0) is 18.4. The van der Waals surface area contributed by atoms with Crippen LogP contribution in [0.15, 0.2) is 47.1 Å². The Balaban J connectivity index is 1.30. The second-order valence-electron chi connectivity index (χ2n) is 7.47. The Kier molecular flexibility index (Phi) is 3.64. The molecule has 1 saturated carbocycles. The zero-order valence-electron chi connectivity index (χ0n) is 15.2. The molecule has 0 atom stereocenters. The lowest BCUT2D eigenvalue weighted by atomic mass is 10.1. The van der Waals surface area contributed by atoms with E-state index in [9.17, 15) is 4.79 Å². The fourth-order valence-corrected chi connectivity index (χ4v) is 3.99. The van der Waals surface area contributed by atoms with Crippen molar-refractivity contribution in [3.05, 3.63) is 53.8 Å². The summed E-state index contributed by atoms with van der Waals surface area (Å²) in [6, 6.07) is 11.6. The van der Waals surface area contributed by atoms with Crippen LogP contribution in [0.4, 0.5) is 5.69 Å². The molecule has 2 heterocycles. The standard InChI is InChI=1S/C22H21NO4/c1-14-4-6-17-15(13-25-19(17)10-14)11-21(24)23-16-5-7-18-20(12-16)27-22(26-18)8-2-3-9-22/h4-7,10,12-13H,2-3,8-9,11H2,1H3,(H,23,24). The van der Waals surface area contributed by atoms with Crippen molar-refractivity contribution in [2.24, 2.45) is 0 Å². The largest absolute Gasteiger partial charge is 0.464 e. The maximum Gasteiger partial charge on any atom is 0.251 e. The molecule has 5 nitrogen and oxygen atoms in total. The SMILES string of the molecule is Cc1ccc2c(CC(=O)Nc3ccc4c(c3)OC3(CCCC3)O4)coc2c1. The maximum absolute atomic E-state index is 12.5. The fraction of sp³-hybridized carbons (Fsp3) is 0.318. The zero-order valence-corrected chi connectivity index (χ0v) is 15.2. The first-order chi connectivity index (χ1) is 13.1. The number of benzene rings is 2. The number of hydrogen-bond acceptors (Lipinski definition) is 4. The number of hydrogen-bond donors (Lipinski definition) is 1. The molecule has 2 aliphatic rings. The van der Waals surface area contributed by atoms with Crippen molar-refractivity contribution in [2.75, 3.05) is 5.32 Å². The molecule has 5 rings (SSSR count). The van der Waals surface area contributed by atoms with Crippen LogP contribution in [0.1, 0.15) is 36.8 Å². The van der Waals surface area contributed by atoms with Crippen molar-refractivity contribution < 1.29 is 18.7 Å². The Morgan fingerprint density at radius 1 is 1.07 bits per heavy atom. The van der Waals surface area contributed by atoms with Crippen LogP contribution in [0, 0.1) is 6.92 Å². The van der Waals surface area contributed by atoms with Gasteiger partial charge in [0.15, 0.2) is 11.5 Å². The van der Waals surface area contributed by atoms with Gasteiger partial charge in [0.05, 0.1) is 12.7 Å². The van der Waals surface area contributed by atoms with Gasteiger partial charge in [-0.1, -0.05) is 12.1 Å². The Morgan fingerprint density at radius 2 is 1.89 bits per heavy atom. The van der Waals surface area contributed by atoms with Gasteiger partial charge in [0.1, 0.15) is 5.58 Å². The summed E-state index contributed by atoms with van der Waals surface area (Å²) in [5.41, 5.74) is 3.53. The second-order valence-corrected chi connectivity index (χ2v) is 7.47. The van der Waals surface area contributed by atoms with Crippen LogP contribution in [-0.2, 0) is 11.2 Å². The summed E-state index contributed by atoms with van der Waals surface area (Å²) in [4.78, 5) is 12.5. The molecule has 1 N–H and O–H groups in total. The first kappa shape index (κ1) is 16.2. The topological polar surface area (TPSA) is 60.7 Å². The van der Waals surface area contributed by atoms with E-state index in [0.717, 1.165) is 53.5 Å². The Morgan fingerprint density at radius 3 is 2.74 bits per heavy atom. The number of aryl methyl sites for hydroxylation is 1. The van der Waals surface area contributed by atoms with E-state index in [0.29, 0.717) is 11.4 Å². The Hall–Kier alpha value is -2.95. The molecule has 1 aliphatic heterocycles. The molecular weight excluding hydrogens is 342 g/mol. The highest BCUT2D eigenvalue weighted by Crippen LogP contribution is 2.47. The molecular formula is C22H21NO4. The molecule has 1 aliphatic carbocycles. The van der Waals surface area contributed by atoms with E-state index in [2.05, 4.69) is 5.32 Å². The molecule has 5 heteroatoms. The van der Waals surface area contributed by atoms with Gasteiger partial charge < -0.3 is 19.2 Å². The minimum Gasteiger partial charge on any atom is -0.464 e. The molecule has 0 radical (unpaired) electrons. The molecule has 1 aromatic heterocycles. The summed E-state index contributed by atoms with van der Waals surface area (Å²) in [6.07, 6.45) is 5.99. The van der Waals surface area contributed by atoms with Crippen molar-refractivity contribution in [1.29, 1.82) is 0 Å². The lowest BCUT2D eigenvalue weighted by Crippen LogP contribution is -2.34. The van der Waals surface area contributed by atoms with Crippen LogP contribution < -0.4 is 14.8 Å². The van der Waals surface area contributed by atoms with E-state index in [1.54, 1.807) is 6.26 Å². The molecule has 27 heavy (non-hydrogen) atoms. The number of carbonyl (C=O) groups is 1. The molecule has 0 saturated heterocycles. The number of anilines is 1. The van der Waals surface area contributed by atoms with Crippen molar-refractivity contribution >= 4 is 22.6 Å². The van der Waals surface area contributed by atoms with Gasteiger partial charge in [0.2, 0.25) is 5.91 Å². The maximum atomic E-state index is 12.5. The number of nitrogens with one attached hydrogen (secondary N) is 1. The third-order valence-corrected chi connectivity index (χ3v) is 5.35. The fourth-order valence-electron chi connectivity index (χ4n) is 3.99. The number of carbonyl (C=O) groups excluding carboxylic acids is 1. The van der Waals surface area contributed by atoms with E-state index in [4.69, 9.17) is 13.9 Å². The van der Waals surface area contributed by atoms with Crippen molar-refractivity contribution in [1.82, 2.24) is 0 Å². The Labute approximate surface area is 157 Å². The molecule has 0 unspecified atom stereocenters. The monoisotopic (exact) mass is 363 g/mol. The van der Waals surface area contributed by atoms with E-state index in [-0.39, 0.29) is 12.3 Å². The van der Waals surface area contributed by atoms with Gasteiger partial charge >= 0.3 is 0 Å². The third-order valence-electron chi connectivity index (χ3n) is 5.35. The predicted octanol–water partition coefficient (Wildman–Crippen LogP) is 4.96. The highest BCUT2D eigenvalue weighted by molar-refractivity contribution is 5.95. The number of furan rings is 1. The van der Waals surface area contributed by atoms with E-state index in [1.165, 1.54) is 0 Å². The number of fused-ring (bicyclic) bond motifs is 2. The highest BCUT2D eigenvalue weighted by atomic mass is 16.7. The van der Waals surface area contributed by atoms with Crippen LogP contribution in [0.2, 0.25) is 0 Å². The van der Waals surface area contributed by atoms with Crippen molar-refractivity contribution in [3.8, 4) is 11.5 Å². The van der Waals surface area contributed by atoms with Gasteiger partial charge in [0, 0.05) is 35.5 Å². The van der Waals surface area contributed by atoms with Crippen LogP contribution in [0.5, 0.6) is 11.5 Å². The highest BCUT2D eigenvalue weighted by Gasteiger charge is 2.44. The average Bonchev–Trinajstić information content (AvgIpc) is 3.34. The number of ether oxygens (including phenoxy) is 2. The second kappa shape index (κ2) is 6.05. The van der Waals surface area contributed by atoms with Crippen LogP contribution >= 0.6 is 0 Å². The van der Waals surface area contributed by atoms with Crippen LogP contribution in [0.25, 0.3) is 11.0 Å². The summed E-state index contributed by atoms with van der Waals surface area (Å²) < 4.78 is 17.7. The number of rotatable bonds is 3. The van der Waals surface area contributed by atoms with Gasteiger partial charge in [-0.25, -0.2) is 0 Å². The lowest BCUT2D eigenvalue weighted by Gasteiger charge is -2.21. The summed E-state index contributed by atoms with van der Waals surface area (Å²) in [7, 11) is 0. The predicted molar refractivity (Wildman–Crippen MR) is 102 cm³/mol. The Bertz CT molecular complexity index is 1030. The molecule has 0 bridgehead atoms. The first-order valence-electron chi connectivity index (χ1n) is 9.39. The summed E-state index contributed by atoms with van der Waals surface area (Å²) in [6.45, 7) is 2.02. The molecule has 2 aromatic carbocycles. The lowest BCUT2D eigenvalue weighted by molar-refractivity contribution is -0.115. The van der Waals surface area contributed by atoms with Gasteiger partial charge in [-0.05, 0) is 43.5 Å². The minimum absolute atomic E-state index is 0.0901. The van der Waals surface area contributed by atoms with Crippen LogP contribution in [-0.4, -0.2) is 11.7 Å². The quantitative estimate of drug-likeness (QED) is 0.714. The number of amides is 1. The van der Waals surface area contributed by atoms with Crippen molar-refractivity contribution in [2.45, 2.75) is 44.8 Å². The molecule has 138 valence electrons. The average molecular weight is 363 g/mol. The molecule has 1 amide bonds. The van der Waals surface area contributed by atoms with Gasteiger partial charge in [-0.2, -0.15) is 0 Å². The summed E-state index contributed by atoms with van der Waals surface area (Å²) in [5, 5.41) is 3.93. The molecule has 1 fully saturated rings. The van der Waals surface area contributed by atoms with Crippen LogP contribution in [0.3, 0.4) is 0 Å². The van der Waals surface area contributed by atoms with Gasteiger partial charge in [0.25, 0.3) is 5.79 Å².